The number of carbonyl (C=O) groups is 1. The van der Waals surface area contributed by atoms with Gasteiger partial charge in [-0.25, -0.2) is 4.98 Å². The van der Waals surface area contributed by atoms with E-state index >= 15 is 0 Å². The van der Waals surface area contributed by atoms with Crippen LogP contribution in [0.5, 0.6) is 0 Å². The SMILES string of the molecule is CCC(C)N(C)CCC(=O)Nc1nc2ccc(N)cc2s1. The molecular weight excluding hydrogens is 284 g/mol. The van der Waals surface area contributed by atoms with Crippen LogP contribution in [0.4, 0.5) is 10.8 Å². The van der Waals surface area contributed by atoms with Crippen molar-refractivity contribution in [2.24, 2.45) is 0 Å². The average Bonchev–Trinajstić information content (AvgIpc) is 2.84. The lowest BCUT2D eigenvalue weighted by molar-refractivity contribution is -0.116. The lowest BCUT2D eigenvalue weighted by Crippen LogP contribution is -2.31. The van der Waals surface area contributed by atoms with Crippen LogP contribution in [-0.2, 0) is 4.79 Å². The fourth-order valence-electron chi connectivity index (χ4n) is 1.99. The summed E-state index contributed by atoms with van der Waals surface area (Å²) < 4.78 is 0.988. The molecule has 1 aromatic heterocycles. The molecule has 0 saturated carbocycles. The third-order valence-corrected chi connectivity index (χ3v) is 4.63. The summed E-state index contributed by atoms with van der Waals surface area (Å²) in [5.74, 6) is -0.00261. The molecule has 0 saturated heterocycles. The Morgan fingerprint density at radius 2 is 2.29 bits per heavy atom. The number of rotatable bonds is 6. The minimum absolute atomic E-state index is 0.00261. The Kier molecular flexibility index (Phi) is 5.14. The summed E-state index contributed by atoms with van der Waals surface area (Å²) in [7, 11) is 2.04. The Balaban J connectivity index is 1.92. The van der Waals surface area contributed by atoms with Gasteiger partial charge in [0, 0.05) is 24.7 Å². The second kappa shape index (κ2) is 6.87. The highest BCUT2D eigenvalue weighted by molar-refractivity contribution is 7.22. The molecule has 0 bridgehead atoms. The van der Waals surface area contributed by atoms with Crippen molar-refractivity contribution >= 4 is 38.3 Å². The molecule has 21 heavy (non-hydrogen) atoms. The molecule has 2 rings (SSSR count). The van der Waals surface area contributed by atoms with Crippen LogP contribution in [0.2, 0.25) is 0 Å². The summed E-state index contributed by atoms with van der Waals surface area (Å²) >= 11 is 1.45. The Morgan fingerprint density at radius 3 is 3.00 bits per heavy atom. The van der Waals surface area contributed by atoms with Gasteiger partial charge in [-0.3, -0.25) is 4.79 Å². The number of thiazole rings is 1. The van der Waals surface area contributed by atoms with Crippen molar-refractivity contribution in [2.45, 2.75) is 32.7 Å². The van der Waals surface area contributed by atoms with Crippen molar-refractivity contribution in [1.82, 2.24) is 9.88 Å². The van der Waals surface area contributed by atoms with Gasteiger partial charge in [0.15, 0.2) is 5.13 Å². The normalized spacial score (nSPS) is 12.8. The molecule has 0 aliphatic carbocycles. The number of amides is 1. The lowest BCUT2D eigenvalue weighted by atomic mass is 10.2. The van der Waals surface area contributed by atoms with E-state index in [2.05, 4.69) is 29.0 Å². The number of aromatic nitrogens is 1. The Labute approximate surface area is 129 Å². The fourth-order valence-corrected chi connectivity index (χ4v) is 2.92. The van der Waals surface area contributed by atoms with Crippen molar-refractivity contribution in [3.63, 3.8) is 0 Å². The first-order valence-corrected chi connectivity index (χ1v) is 7.97. The number of nitrogens with one attached hydrogen (secondary N) is 1. The Hall–Kier alpha value is -1.66. The summed E-state index contributed by atoms with van der Waals surface area (Å²) in [6.07, 6.45) is 1.55. The second-order valence-corrected chi connectivity index (χ2v) is 6.31. The highest BCUT2D eigenvalue weighted by Gasteiger charge is 2.11. The van der Waals surface area contributed by atoms with Crippen LogP contribution >= 0.6 is 11.3 Å². The third-order valence-electron chi connectivity index (χ3n) is 3.69. The maximum absolute atomic E-state index is 12.0. The Bertz CT molecular complexity index is 625. The van der Waals surface area contributed by atoms with Crippen LogP contribution in [0, 0.1) is 0 Å². The molecular formula is C15H22N4OS. The predicted molar refractivity (Wildman–Crippen MR) is 89.7 cm³/mol. The number of fused-ring (bicyclic) bond motifs is 1. The second-order valence-electron chi connectivity index (χ2n) is 5.28. The van der Waals surface area contributed by atoms with Crippen molar-refractivity contribution in [2.75, 3.05) is 24.6 Å². The molecule has 5 nitrogen and oxygen atoms in total. The molecule has 1 heterocycles. The fraction of sp³-hybridized carbons (Fsp3) is 0.467. The zero-order valence-corrected chi connectivity index (χ0v) is 13.5. The molecule has 6 heteroatoms. The van der Waals surface area contributed by atoms with Crippen molar-refractivity contribution in [3.05, 3.63) is 18.2 Å². The summed E-state index contributed by atoms with van der Waals surface area (Å²) in [5.41, 5.74) is 7.31. The first-order valence-electron chi connectivity index (χ1n) is 7.15. The lowest BCUT2D eigenvalue weighted by Gasteiger charge is -2.22. The van der Waals surface area contributed by atoms with Crippen LogP contribution in [0.1, 0.15) is 26.7 Å². The molecule has 0 spiro atoms. The van der Waals surface area contributed by atoms with Gasteiger partial charge in [0.1, 0.15) is 0 Å². The van der Waals surface area contributed by atoms with E-state index in [0.717, 1.165) is 23.2 Å². The largest absolute Gasteiger partial charge is 0.399 e. The van der Waals surface area contributed by atoms with E-state index in [1.807, 2.05) is 25.2 Å². The highest BCUT2D eigenvalue weighted by atomic mass is 32.1. The van der Waals surface area contributed by atoms with Gasteiger partial charge < -0.3 is 16.0 Å². The highest BCUT2D eigenvalue weighted by Crippen LogP contribution is 2.27. The van der Waals surface area contributed by atoms with E-state index in [-0.39, 0.29) is 5.91 Å². The van der Waals surface area contributed by atoms with Crippen molar-refractivity contribution in [3.8, 4) is 0 Å². The van der Waals surface area contributed by atoms with E-state index in [4.69, 9.17) is 5.73 Å². The topological polar surface area (TPSA) is 71.2 Å². The molecule has 2 aromatic rings. The van der Waals surface area contributed by atoms with Crippen molar-refractivity contribution in [1.29, 1.82) is 0 Å². The molecule has 114 valence electrons. The number of anilines is 2. The van der Waals surface area contributed by atoms with Gasteiger partial charge in [-0.1, -0.05) is 18.3 Å². The van der Waals surface area contributed by atoms with Gasteiger partial charge in [0.2, 0.25) is 5.91 Å². The van der Waals surface area contributed by atoms with Crippen LogP contribution in [0.3, 0.4) is 0 Å². The molecule has 1 atom stereocenters. The maximum Gasteiger partial charge on any atom is 0.227 e. The minimum Gasteiger partial charge on any atom is -0.399 e. The number of hydrogen-bond acceptors (Lipinski definition) is 5. The number of carbonyl (C=O) groups excluding carboxylic acids is 1. The molecule has 1 aromatic carbocycles. The summed E-state index contributed by atoms with van der Waals surface area (Å²) in [5, 5.41) is 3.50. The standard InChI is InChI=1S/C15H22N4OS/c1-4-10(2)19(3)8-7-14(20)18-15-17-12-6-5-11(16)9-13(12)21-15/h5-6,9-10H,4,7-8,16H2,1-3H3,(H,17,18,20). The number of hydrogen-bond donors (Lipinski definition) is 2. The molecule has 0 aliphatic heterocycles. The first kappa shape index (κ1) is 15.7. The van der Waals surface area contributed by atoms with E-state index in [1.165, 1.54) is 11.3 Å². The van der Waals surface area contributed by atoms with Crippen molar-refractivity contribution < 1.29 is 4.79 Å². The molecule has 1 amide bonds. The summed E-state index contributed by atoms with van der Waals surface area (Å²) in [6, 6.07) is 6.05. The summed E-state index contributed by atoms with van der Waals surface area (Å²) in [6.45, 7) is 5.06. The van der Waals surface area contributed by atoms with E-state index in [0.29, 0.717) is 23.3 Å². The summed E-state index contributed by atoms with van der Waals surface area (Å²) in [4.78, 5) is 18.6. The quantitative estimate of drug-likeness (QED) is 0.805. The zero-order valence-electron chi connectivity index (χ0n) is 12.7. The molecule has 0 aliphatic rings. The van der Waals surface area contributed by atoms with E-state index < -0.39 is 0 Å². The van der Waals surface area contributed by atoms with Gasteiger partial charge in [-0.15, -0.1) is 0 Å². The molecule has 0 radical (unpaired) electrons. The Morgan fingerprint density at radius 1 is 1.52 bits per heavy atom. The number of benzene rings is 1. The number of nitrogens with zero attached hydrogens (tertiary/aromatic N) is 2. The van der Waals surface area contributed by atoms with Crippen LogP contribution in [-0.4, -0.2) is 35.4 Å². The maximum atomic E-state index is 12.0. The monoisotopic (exact) mass is 306 g/mol. The van der Waals surface area contributed by atoms with E-state index in [9.17, 15) is 4.79 Å². The minimum atomic E-state index is -0.00261. The zero-order chi connectivity index (χ0) is 15.4. The van der Waals surface area contributed by atoms with Crippen LogP contribution in [0.15, 0.2) is 18.2 Å². The third kappa shape index (κ3) is 4.15. The molecule has 1 unspecified atom stereocenters. The van der Waals surface area contributed by atoms with E-state index in [1.54, 1.807) is 0 Å². The van der Waals surface area contributed by atoms with Gasteiger partial charge in [0.25, 0.3) is 0 Å². The van der Waals surface area contributed by atoms with Gasteiger partial charge >= 0.3 is 0 Å². The molecule has 3 N–H and O–H groups in total. The number of nitrogens with two attached hydrogens (primary N) is 1. The van der Waals surface area contributed by atoms with Gasteiger partial charge in [-0.05, 0) is 38.6 Å². The van der Waals surface area contributed by atoms with Gasteiger partial charge in [-0.2, -0.15) is 0 Å². The number of nitrogen functional groups attached to an aromatic ring is 1. The van der Waals surface area contributed by atoms with Gasteiger partial charge in [0.05, 0.1) is 10.2 Å². The predicted octanol–water partition coefficient (Wildman–Crippen LogP) is 2.94. The first-order chi connectivity index (χ1) is 9.99. The van der Waals surface area contributed by atoms with Crippen LogP contribution < -0.4 is 11.1 Å². The van der Waals surface area contributed by atoms with Crippen LogP contribution in [0.25, 0.3) is 10.2 Å². The smallest absolute Gasteiger partial charge is 0.227 e. The average molecular weight is 306 g/mol. The molecule has 0 fully saturated rings.